The monoisotopic (exact) mass is 426 g/mol. The van der Waals surface area contributed by atoms with Gasteiger partial charge in [-0.1, -0.05) is 122 Å². The molecular formula is C30H39Al. The van der Waals surface area contributed by atoms with Gasteiger partial charge in [0.1, 0.15) is 0 Å². The molecule has 0 aliphatic rings. The highest BCUT2D eigenvalue weighted by molar-refractivity contribution is 6.74. The minimum Gasteiger partial charge on any atom is -0.136 e. The van der Waals surface area contributed by atoms with Crippen LogP contribution >= 0.6 is 0 Å². The van der Waals surface area contributed by atoms with E-state index in [1.165, 1.54) is 0 Å². The second-order valence-corrected chi connectivity index (χ2v) is 10.7. The molecule has 0 heterocycles. The zero-order chi connectivity index (χ0) is 24.0. The summed E-state index contributed by atoms with van der Waals surface area (Å²) in [6.45, 7) is 34.4. The first kappa shape index (κ1) is 28.4. The predicted molar refractivity (Wildman–Crippen MR) is 146 cm³/mol. The standard InChI is InChI=1S/C20H25.2C5H7.Al/c1-9-19(8)20(13-10-16(2)3,14-11-17(4)5)15-12-18(6)7;2*1-4-5(2)3;/h1,9-15H,2,4,6,8H2,3,5,7H3;2*1,4H,2H2,3H3;. The van der Waals surface area contributed by atoms with Crippen molar-refractivity contribution in [1.29, 1.82) is 0 Å². The Labute approximate surface area is 196 Å². The van der Waals surface area contributed by atoms with Crippen LogP contribution in [0.25, 0.3) is 0 Å². The van der Waals surface area contributed by atoms with Gasteiger partial charge >= 0.3 is 14.1 Å². The molecule has 0 aromatic carbocycles. The van der Waals surface area contributed by atoms with Crippen LogP contribution in [0.15, 0.2) is 142 Å². The second-order valence-electron chi connectivity index (χ2n) is 8.34. The molecule has 0 radical (unpaired) electrons. The first-order valence-corrected chi connectivity index (χ1v) is 12.5. The van der Waals surface area contributed by atoms with Gasteiger partial charge in [0.05, 0.1) is 0 Å². The molecule has 0 atom stereocenters. The lowest BCUT2D eigenvalue weighted by Gasteiger charge is -2.25. The molecule has 0 bridgehead atoms. The molecule has 31 heavy (non-hydrogen) atoms. The molecule has 0 unspecified atom stereocenters. The van der Waals surface area contributed by atoms with Crippen molar-refractivity contribution in [3.05, 3.63) is 142 Å². The molecule has 0 aliphatic heterocycles. The Morgan fingerprint density at radius 1 is 0.484 bits per heavy atom. The predicted octanol–water partition coefficient (Wildman–Crippen LogP) is 8.86. The fourth-order valence-electron chi connectivity index (χ4n) is 2.44. The van der Waals surface area contributed by atoms with Crippen LogP contribution in [0.5, 0.6) is 0 Å². The minimum absolute atomic E-state index is 0.498. The van der Waals surface area contributed by atoms with E-state index in [0.29, 0.717) is 0 Å². The van der Waals surface area contributed by atoms with E-state index in [0.717, 1.165) is 33.4 Å². The highest BCUT2D eigenvalue weighted by Gasteiger charge is 2.23. The molecule has 0 fully saturated rings. The topological polar surface area (TPSA) is 0 Å². The van der Waals surface area contributed by atoms with E-state index in [1.54, 1.807) is 0 Å². The van der Waals surface area contributed by atoms with E-state index in [2.05, 4.69) is 90.7 Å². The average molecular weight is 427 g/mol. The van der Waals surface area contributed by atoms with Crippen LogP contribution in [0.2, 0.25) is 0 Å². The van der Waals surface area contributed by atoms with Gasteiger partial charge in [0, 0.05) is 5.41 Å². The van der Waals surface area contributed by atoms with Crippen molar-refractivity contribution in [3.8, 4) is 0 Å². The lowest BCUT2D eigenvalue weighted by Crippen LogP contribution is -2.15. The van der Waals surface area contributed by atoms with Gasteiger partial charge < -0.3 is 0 Å². The molecule has 162 valence electrons. The van der Waals surface area contributed by atoms with E-state index in [9.17, 15) is 0 Å². The molecular weight excluding hydrogens is 387 g/mol. The van der Waals surface area contributed by atoms with Crippen molar-refractivity contribution in [1.82, 2.24) is 0 Å². The lowest BCUT2D eigenvalue weighted by molar-refractivity contribution is 0.777. The van der Waals surface area contributed by atoms with Crippen molar-refractivity contribution in [2.24, 2.45) is 5.41 Å². The van der Waals surface area contributed by atoms with Crippen molar-refractivity contribution in [3.63, 3.8) is 0 Å². The van der Waals surface area contributed by atoms with Crippen molar-refractivity contribution in [2.75, 3.05) is 0 Å². The average Bonchev–Trinajstić information content (AvgIpc) is 2.66. The molecule has 0 amide bonds. The quantitative estimate of drug-likeness (QED) is 0.204. The van der Waals surface area contributed by atoms with Crippen LogP contribution < -0.4 is 0 Å². The fraction of sp³-hybridized carbons (Fsp3) is 0.200. The van der Waals surface area contributed by atoms with Crippen LogP contribution in [-0.2, 0) is 0 Å². The zero-order valence-corrected chi connectivity index (χ0v) is 21.4. The van der Waals surface area contributed by atoms with Gasteiger partial charge in [-0.2, -0.15) is 0 Å². The maximum Gasteiger partial charge on any atom is 0.359 e. The zero-order valence-electron chi connectivity index (χ0n) is 20.2. The SMILES string of the molecule is C=C(C)C=[CH][Al]([CH]=CC(=C)C)[CH]=CC(=C)C(C=CC(=C)C)(C=CC(=C)C)C=CC(=C)C. The molecule has 0 spiro atoms. The summed E-state index contributed by atoms with van der Waals surface area (Å²) in [5.74, 6) is 0. The van der Waals surface area contributed by atoms with Crippen LogP contribution in [0.4, 0.5) is 0 Å². The summed E-state index contributed by atoms with van der Waals surface area (Å²) in [5, 5.41) is 0. The Hall–Kier alpha value is -2.59. The third-order valence-electron chi connectivity index (χ3n) is 4.21. The van der Waals surface area contributed by atoms with Crippen molar-refractivity contribution < 1.29 is 0 Å². The van der Waals surface area contributed by atoms with Gasteiger partial charge in [-0.3, -0.25) is 0 Å². The highest BCUT2D eigenvalue weighted by Crippen LogP contribution is 2.34. The summed E-state index contributed by atoms with van der Waals surface area (Å²) in [6, 6.07) is 0. The van der Waals surface area contributed by atoms with Gasteiger partial charge in [-0.05, 0) is 40.2 Å². The van der Waals surface area contributed by atoms with E-state index in [4.69, 9.17) is 0 Å². The maximum absolute atomic E-state index is 4.43. The normalized spacial score (nSPS) is 14.2. The lowest BCUT2D eigenvalue weighted by atomic mass is 9.78. The Balaban J connectivity index is 6.38. The Kier molecular flexibility index (Phi) is 13.2. The molecule has 1 heteroatoms. The van der Waals surface area contributed by atoms with Crippen LogP contribution in [0.3, 0.4) is 0 Å². The molecule has 0 N–H and O–H groups in total. The summed E-state index contributed by atoms with van der Waals surface area (Å²) in [4.78, 5) is 6.78. The van der Waals surface area contributed by atoms with Crippen molar-refractivity contribution >= 4 is 14.1 Å². The molecule has 0 aromatic rings. The molecule has 0 rings (SSSR count). The van der Waals surface area contributed by atoms with Crippen LogP contribution in [0.1, 0.15) is 34.6 Å². The van der Waals surface area contributed by atoms with Gasteiger partial charge in [0.25, 0.3) is 0 Å². The van der Waals surface area contributed by atoms with E-state index >= 15 is 0 Å². The third kappa shape index (κ3) is 13.4. The fourth-order valence-corrected chi connectivity index (χ4v) is 4.38. The number of hydrogen-bond donors (Lipinski definition) is 0. The minimum atomic E-state index is -1.44. The summed E-state index contributed by atoms with van der Waals surface area (Å²) in [6.07, 6.45) is 18.8. The van der Waals surface area contributed by atoms with Crippen LogP contribution in [0, 0.1) is 5.41 Å². The van der Waals surface area contributed by atoms with E-state index in [1.807, 2.05) is 52.8 Å². The van der Waals surface area contributed by atoms with Gasteiger partial charge in [0.2, 0.25) is 0 Å². The largest absolute Gasteiger partial charge is 0.359 e. The molecule has 0 nitrogen and oxygen atoms in total. The first-order chi connectivity index (χ1) is 14.4. The number of hydrogen-bond acceptors (Lipinski definition) is 0. The Bertz CT molecular complexity index is 807. The van der Waals surface area contributed by atoms with E-state index < -0.39 is 19.6 Å². The maximum atomic E-state index is 4.43. The van der Waals surface area contributed by atoms with E-state index in [-0.39, 0.29) is 0 Å². The summed E-state index contributed by atoms with van der Waals surface area (Å²) in [7, 11) is 0. The number of rotatable bonds is 13. The first-order valence-electron chi connectivity index (χ1n) is 10.5. The Morgan fingerprint density at radius 3 is 1.06 bits per heavy atom. The Morgan fingerprint density at radius 2 is 0.774 bits per heavy atom. The third-order valence-corrected chi connectivity index (χ3v) is 6.12. The van der Waals surface area contributed by atoms with Gasteiger partial charge in [-0.25, -0.2) is 0 Å². The van der Waals surface area contributed by atoms with Crippen molar-refractivity contribution in [2.45, 2.75) is 34.6 Å². The molecule has 0 saturated carbocycles. The highest BCUT2D eigenvalue weighted by atomic mass is 27.2. The van der Waals surface area contributed by atoms with Gasteiger partial charge in [-0.15, -0.1) is 14.8 Å². The summed E-state index contributed by atoms with van der Waals surface area (Å²) >= 11 is -1.44. The number of allylic oxidation sites excluding steroid dienone is 15. The van der Waals surface area contributed by atoms with Gasteiger partial charge in [0.15, 0.2) is 0 Å². The molecule has 0 aliphatic carbocycles. The molecule has 0 aromatic heterocycles. The molecule has 0 saturated heterocycles. The smallest absolute Gasteiger partial charge is 0.136 e. The summed E-state index contributed by atoms with van der Waals surface area (Å²) < 4.78 is 0. The second kappa shape index (κ2) is 14.4. The summed E-state index contributed by atoms with van der Waals surface area (Å²) in [5.41, 5.74) is 5.49. The van der Waals surface area contributed by atoms with Crippen LogP contribution in [-0.4, -0.2) is 14.1 Å².